The molecule has 0 aliphatic rings. The van der Waals surface area contributed by atoms with Crippen LogP contribution in [0.15, 0.2) is 24.3 Å². The molecule has 0 aliphatic heterocycles. The highest BCUT2D eigenvalue weighted by Crippen LogP contribution is 2.12. The first-order valence-corrected chi connectivity index (χ1v) is 4.09. The minimum Gasteiger partial charge on any atom is -0.537 e. The van der Waals surface area contributed by atoms with Crippen LogP contribution in [-0.2, 0) is 0 Å². The van der Waals surface area contributed by atoms with Crippen LogP contribution >= 0.6 is 0 Å². The second kappa shape index (κ2) is 4.67. The first-order chi connectivity index (χ1) is 6.65. The minimum absolute atomic E-state index is 0.0653. The van der Waals surface area contributed by atoms with Gasteiger partial charge in [0.1, 0.15) is 5.75 Å². The van der Waals surface area contributed by atoms with Crippen molar-refractivity contribution in [1.29, 1.82) is 0 Å². The van der Waals surface area contributed by atoms with Crippen molar-refractivity contribution >= 4 is 13.6 Å². The van der Waals surface area contributed by atoms with Crippen molar-refractivity contribution in [1.82, 2.24) is 4.90 Å². The average Bonchev–Trinajstić information content (AvgIpc) is 2.18. The van der Waals surface area contributed by atoms with Gasteiger partial charge in [-0.2, -0.15) is 0 Å². The van der Waals surface area contributed by atoms with Crippen molar-refractivity contribution in [2.75, 3.05) is 14.1 Å². The van der Waals surface area contributed by atoms with Crippen LogP contribution in [0.25, 0.3) is 0 Å². The fourth-order valence-electron chi connectivity index (χ4n) is 0.995. The molecular weight excluding hydrogens is 181 g/mol. The largest absolute Gasteiger partial charge is 0.569 e. The molecule has 1 amide bonds. The van der Waals surface area contributed by atoms with E-state index in [1.807, 2.05) is 0 Å². The molecule has 1 N–H and O–H groups in total. The van der Waals surface area contributed by atoms with Crippen LogP contribution in [-0.4, -0.2) is 37.6 Å². The molecule has 14 heavy (non-hydrogen) atoms. The van der Waals surface area contributed by atoms with E-state index < -0.39 is 0 Å². The van der Waals surface area contributed by atoms with Gasteiger partial charge in [-0.1, -0.05) is 0 Å². The Hall–Kier alpha value is -1.49. The van der Waals surface area contributed by atoms with Gasteiger partial charge in [-0.15, -0.1) is 0 Å². The summed E-state index contributed by atoms with van der Waals surface area (Å²) in [6.45, 7) is 0. The quantitative estimate of drug-likeness (QED) is 0.700. The molecule has 1 radical (unpaired) electrons. The number of nitrogens with zero attached hydrogens (tertiary/aromatic N) is 1. The smallest absolute Gasteiger partial charge is 0.537 e. The second-order valence-electron chi connectivity index (χ2n) is 2.95. The molecule has 0 heterocycles. The van der Waals surface area contributed by atoms with Crippen LogP contribution in [0.3, 0.4) is 0 Å². The predicted octanol–water partition coefficient (Wildman–Crippen LogP) is 0.294. The van der Waals surface area contributed by atoms with E-state index in [-0.39, 0.29) is 5.91 Å². The monoisotopic (exact) mass is 192 g/mol. The lowest BCUT2D eigenvalue weighted by Gasteiger charge is -2.10. The lowest BCUT2D eigenvalue weighted by atomic mass is 10.2. The van der Waals surface area contributed by atoms with E-state index in [4.69, 9.17) is 9.68 Å². The van der Waals surface area contributed by atoms with Gasteiger partial charge in [0, 0.05) is 19.7 Å². The first-order valence-electron chi connectivity index (χ1n) is 4.09. The molecule has 4 nitrogen and oxygen atoms in total. The van der Waals surface area contributed by atoms with Gasteiger partial charge < -0.3 is 14.6 Å². The molecule has 0 aromatic heterocycles. The highest BCUT2D eigenvalue weighted by molar-refractivity contribution is 6.17. The van der Waals surface area contributed by atoms with Crippen LogP contribution in [0.4, 0.5) is 0 Å². The van der Waals surface area contributed by atoms with Crippen molar-refractivity contribution in [3.63, 3.8) is 0 Å². The van der Waals surface area contributed by atoms with Crippen molar-refractivity contribution in [2.45, 2.75) is 0 Å². The minimum atomic E-state index is -0.0653. The van der Waals surface area contributed by atoms with Crippen LogP contribution in [0.1, 0.15) is 10.4 Å². The number of amides is 1. The third-order valence-electron chi connectivity index (χ3n) is 1.70. The van der Waals surface area contributed by atoms with Gasteiger partial charge in [0.05, 0.1) is 0 Å². The summed E-state index contributed by atoms with van der Waals surface area (Å²) in [7, 11) is 3.98. The van der Waals surface area contributed by atoms with Crippen LogP contribution in [0.2, 0.25) is 0 Å². The van der Waals surface area contributed by atoms with Gasteiger partial charge in [-0.3, -0.25) is 4.79 Å². The van der Waals surface area contributed by atoms with E-state index in [1.54, 1.807) is 38.4 Å². The summed E-state index contributed by atoms with van der Waals surface area (Å²) >= 11 is 0. The molecule has 1 aromatic carbocycles. The van der Waals surface area contributed by atoms with Gasteiger partial charge >= 0.3 is 7.69 Å². The van der Waals surface area contributed by atoms with Crippen LogP contribution in [0.5, 0.6) is 5.75 Å². The third kappa shape index (κ3) is 2.50. The van der Waals surface area contributed by atoms with Gasteiger partial charge in [0.25, 0.3) is 5.91 Å². The molecule has 0 atom stereocenters. The summed E-state index contributed by atoms with van der Waals surface area (Å²) in [6.07, 6.45) is 0. The number of carbonyl (C=O) groups is 1. The summed E-state index contributed by atoms with van der Waals surface area (Å²) in [5, 5.41) is 8.36. The number of carbonyl (C=O) groups excluding carboxylic acids is 1. The molecule has 0 aliphatic carbocycles. The topological polar surface area (TPSA) is 49.8 Å². The van der Waals surface area contributed by atoms with E-state index in [2.05, 4.69) is 0 Å². The maximum atomic E-state index is 11.4. The molecule has 73 valence electrons. The molecule has 1 rings (SSSR count). The van der Waals surface area contributed by atoms with Crippen molar-refractivity contribution in [3.8, 4) is 5.75 Å². The van der Waals surface area contributed by atoms with Crippen LogP contribution < -0.4 is 4.65 Å². The zero-order chi connectivity index (χ0) is 10.6. The van der Waals surface area contributed by atoms with Gasteiger partial charge in [-0.25, -0.2) is 0 Å². The number of hydrogen-bond acceptors (Lipinski definition) is 3. The lowest BCUT2D eigenvalue weighted by molar-refractivity contribution is 0.0827. The van der Waals surface area contributed by atoms with E-state index in [9.17, 15) is 4.79 Å². The van der Waals surface area contributed by atoms with Crippen molar-refractivity contribution < 1.29 is 14.5 Å². The summed E-state index contributed by atoms with van der Waals surface area (Å²) < 4.78 is 4.71. The summed E-state index contributed by atoms with van der Waals surface area (Å²) in [6, 6.07) is 6.51. The highest BCUT2D eigenvalue weighted by Gasteiger charge is 2.06. The Morgan fingerprint density at radius 2 is 1.93 bits per heavy atom. The number of rotatable bonds is 3. The van der Waals surface area contributed by atoms with E-state index in [0.29, 0.717) is 19.0 Å². The Kier molecular flexibility index (Phi) is 3.53. The molecule has 0 spiro atoms. The lowest BCUT2D eigenvalue weighted by Crippen LogP contribution is -2.21. The SMILES string of the molecule is CN(C)C(=O)c1ccc(O[B]O)cc1. The Labute approximate surface area is 83.4 Å². The summed E-state index contributed by atoms with van der Waals surface area (Å²) in [4.78, 5) is 12.9. The number of hydrogen-bond donors (Lipinski definition) is 1. The Morgan fingerprint density at radius 3 is 2.36 bits per heavy atom. The second-order valence-corrected chi connectivity index (χ2v) is 2.95. The highest BCUT2D eigenvalue weighted by atomic mass is 16.5. The normalized spacial score (nSPS) is 9.36. The fraction of sp³-hybridized carbons (Fsp3) is 0.222. The number of benzene rings is 1. The average molecular weight is 192 g/mol. The summed E-state index contributed by atoms with van der Waals surface area (Å²) in [5.41, 5.74) is 0.584. The Bertz CT molecular complexity index is 310. The predicted molar refractivity (Wildman–Crippen MR) is 53.1 cm³/mol. The fourth-order valence-corrected chi connectivity index (χ4v) is 0.995. The maximum absolute atomic E-state index is 11.4. The van der Waals surface area contributed by atoms with Crippen molar-refractivity contribution in [3.05, 3.63) is 29.8 Å². The van der Waals surface area contributed by atoms with Crippen molar-refractivity contribution in [2.24, 2.45) is 0 Å². The van der Waals surface area contributed by atoms with Gasteiger partial charge in [0.15, 0.2) is 0 Å². The zero-order valence-corrected chi connectivity index (χ0v) is 8.10. The molecule has 0 fully saturated rings. The molecule has 0 saturated heterocycles. The molecule has 0 saturated carbocycles. The third-order valence-corrected chi connectivity index (χ3v) is 1.70. The van der Waals surface area contributed by atoms with Crippen LogP contribution in [0, 0.1) is 0 Å². The Morgan fingerprint density at radius 1 is 1.36 bits per heavy atom. The van der Waals surface area contributed by atoms with E-state index in [0.717, 1.165) is 0 Å². The maximum Gasteiger partial charge on any atom is 0.569 e. The molecule has 0 unspecified atom stereocenters. The van der Waals surface area contributed by atoms with E-state index >= 15 is 0 Å². The van der Waals surface area contributed by atoms with Gasteiger partial charge in [-0.05, 0) is 24.3 Å². The molecule has 0 bridgehead atoms. The zero-order valence-electron chi connectivity index (χ0n) is 8.10. The first kappa shape index (κ1) is 10.6. The Balaban J connectivity index is 2.78. The summed E-state index contributed by atoms with van der Waals surface area (Å²) in [5.74, 6) is 0.423. The molecular formula is C9H11BNO3. The van der Waals surface area contributed by atoms with E-state index in [1.165, 1.54) is 4.90 Å². The molecule has 5 heteroatoms. The standard InChI is InChI=1S/C9H11BNO3/c1-11(2)9(12)7-3-5-8(6-4-7)14-10-13/h3-6,13H,1-2H3. The van der Waals surface area contributed by atoms with Gasteiger partial charge in [0.2, 0.25) is 0 Å². The molecule has 1 aromatic rings.